The molecule has 0 aliphatic carbocycles. The van der Waals surface area contributed by atoms with E-state index in [-0.39, 0.29) is 5.69 Å². The first kappa shape index (κ1) is 18.4. The number of amides is 2. The zero-order valence-electron chi connectivity index (χ0n) is 13.3. The first-order valence-corrected chi connectivity index (χ1v) is 7.15. The van der Waals surface area contributed by atoms with Crippen LogP contribution in [-0.4, -0.2) is 34.2 Å². The number of benzene rings is 1. The molecular weight excluding hydrogens is 346 g/mol. The molecule has 0 fully saturated rings. The Morgan fingerprint density at radius 3 is 2.42 bits per heavy atom. The maximum atomic E-state index is 12.2. The Hall–Kier alpha value is -3.89. The highest BCUT2D eigenvalue weighted by Gasteiger charge is 2.29. The van der Waals surface area contributed by atoms with Crippen LogP contribution in [0.2, 0.25) is 0 Å². The van der Waals surface area contributed by atoms with Gasteiger partial charge in [-0.1, -0.05) is 11.2 Å². The summed E-state index contributed by atoms with van der Waals surface area (Å²) in [5, 5.41) is 12.4. The maximum absolute atomic E-state index is 12.2. The molecule has 0 saturated carbocycles. The van der Waals surface area contributed by atoms with Crippen molar-refractivity contribution in [2.75, 3.05) is 5.73 Å². The van der Waals surface area contributed by atoms with Crippen molar-refractivity contribution in [1.82, 2.24) is 4.98 Å². The molecule has 0 spiro atoms. The number of oxime groups is 1. The van der Waals surface area contributed by atoms with Gasteiger partial charge >= 0.3 is 18.2 Å². The van der Waals surface area contributed by atoms with E-state index in [4.69, 9.17) is 22.4 Å². The molecule has 136 valence electrons. The van der Waals surface area contributed by atoms with Crippen LogP contribution in [0.25, 0.3) is 10.9 Å². The summed E-state index contributed by atoms with van der Waals surface area (Å²) in [6, 6.07) is 8.05. The van der Waals surface area contributed by atoms with Gasteiger partial charge in [-0.2, -0.15) is 0 Å². The molecule has 26 heavy (non-hydrogen) atoms. The number of nitrogens with zero attached hydrogens (tertiary/aromatic N) is 2. The van der Waals surface area contributed by atoms with Crippen LogP contribution < -0.4 is 17.2 Å². The highest BCUT2D eigenvalue weighted by atomic mass is 16.6. The van der Waals surface area contributed by atoms with Gasteiger partial charge in [-0.3, -0.25) is 9.78 Å². The second-order valence-electron chi connectivity index (χ2n) is 5.10. The average Bonchev–Trinajstić information content (AvgIpc) is 2.57. The van der Waals surface area contributed by atoms with Crippen LogP contribution in [-0.2, 0) is 14.3 Å². The van der Waals surface area contributed by atoms with Crippen molar-refractivity contribution in [3.05, 3.63) is 36.0 Å². The van der Waals surface area contributed by atoms with Gasteiger partial charge in [0.15, 0.2) is 0 Å². The van der Waals surface area contributed by atoms with Gasteiger partial charge in [0.05, 0.1) is 11.2 Å². The summed E-state index contributed by atoms with van der Waals surface area (Å²) in [4.78, 5) is 38.2. The van der Waals surface area contributed by atoms with Crippen molar-refractivity contribution in [2.45, 2.75) is 12.3 Å². The Morgan fingerprint density at radius 2 is 1.81 bits per heavy atom. The van der Waals surface area contributed by atoms with Gasteiger partial charge in [-0.05, 0) is 24.3 Å². The topological polar surface area (TPSA) is 193 Å². The number of hydrogen-bond donors (Lipinski definition) is 4. The summed E-state index contributed by atoms with van der Waals surface area (Å²) in [6.07, 6.45) is -3.03. The van der Waals surface area contributed by atoms with Gasteiger partial charge in [0.1, 0.15) is 5.92 Å². The summed E-state index contributed by atoms with van der Waals surface area (Å²) in [5.41, 5.74) is 16.6. The van der Waals surface area contributed by atoms with Crippen molar-refractivity contribution in [3.8, 4) is 0 Å². The minimum Gasteiger partial charge on any atom is -0.408 e. The molecule has 0 radical (unpaired) electrons. The normalized spacial score (nSPS) is 12.4. The molecule has 11 nitrogen and oxygen atoms in total. The second kappa shape index (κ2) is 7.79. The van der Waals surface area contributed by atoms with Crippen molar-refractivity contribution in [2.24, 2.45) is 16.6 Å². The van der Waals surface area contributed by atoms with E-state index in [0.29, 0.717) is 16.6 Å². The van der Waals surface area contributed by atoms with Crippen LogP contribution in [0.1, 0.15) is 18.0 Å². The smallest absolute Gasteiger partial charge is 0.408 e. The van der Waals surface area contributed by atoms with Crippen molar-refractivity contribution < 1.29 is 29.1 Å². The molecule has 2 amide bonds. The van der Waals surface area contributed by atoms with Gasteiger partial charge in [0.2, 0.25) is 5.90 Å². The van der Waals surface area contributed by atoms with Gasteiger partial charge in [0.25, 0.3) is 0 Å². The van der Waals surface area contributed by atoms with E-state index in [1.807, 2.05) is 0 Å². The summed E-state index contributed by atoms with van der Waals surface area (Å²) >= 11 is 0. The van der Waals surface area contributed by atoms with E-state index >= 15 is 0 Å². The Morgan fingerprint density at radius 1 is 1.12 bits per heavy atom. The number of carbonyl (C=O) groups excluding carboxylic acids is 3. The molecule has 0 bridgehead atoms. The minimum atomic E-state index is -1.33. The summed E-state index contributed by atoms with van der Waals surface area (Å²) in [5.74, 6) is -2.90. The van der Waals surface area contributed by atoms with E-state index in [9.17, 15) is 14.4 Å². The molecule has 0 saturated heterocycles. The molecular formula is C15H15N5O6. The Bertz CT molecular complexity index is 897. The summed E-state index contributed by atoms with van der Waals surface area (Å²) < 4.78 is 8.86. The molecule has 1 unspecified atom stereocenters. The van der Waals surface area contributed by atoms with E-state index in [0.717, 1.165) is 0 Å². The fourth-order valence-corrected chi connectivity index (χ4v) is 2.23. The molecule has 2 rings (SSSR count). The zero-order valence-corrected chi connectivity index (χ0v) is 13.3. The first-order valence-electron chi connectivity index (χ1n) is 7.15. The van der Waals surface area contributed by atoms with E-state index < -0.39 is 36.4 Å². The predicted molar refractivity (Wildman–Crippen MR) is 89.1 cm³/mol. The van der Waals surface area contributed by atoms with Crippen LogP contribution in [0, 0.1) is 0 Å². The number of nitrogens with two attached hydrogens (primary N) is 3. The highest BCUT2D eigenvalue weighted by molar-refractivity contribution is 5.94. The molecule has 1 aromatic heterocycles. The lowest BCUT2D eigenvalue weighted by Crippen LogP contribution is -2.28. The molecule has 1 aromatic carbocycles. The lowest BCUT2D eigenvalue weighted by Gasteiger charge is -2.15. The van der Waals surface area contributed by atoms with Crippen LogP contribution in [0.4, 0.5) is 15.3 Å². The van der Waals surface area contributed by atoms with Crippen LogP contribution in [0.5, 0.6) is 0 Å². The molecule has 0 aliphatic rings. The third-order valence-electron chi connectivity index (χ3n) is 3.29. The van der Waals surface area contributed by atoms with E-state index in [1.165, 1.54) is 6.07 Å². The predicted octanol–water partition coefficient (Wildman–Crippen LogP) is 0.796. The number of fused-ring (bicyclic) bond motifs is 1. The number of carbonyl (C=O) groups is 3. The Balaban J connectivity index is 2.42. The zero-order chi connectivity index (χ0) is 19.3. The molecule has 1 heterocycles. The van der Waals surface area contributed by atoms with Gasteiger partial charge < -0.3 is 31.9 Å². The second-order valence-corrected chi connectivity index (χ2v) is 5.10. The third kappa shape index (κ3) is 4.56. The number of esters is 1. The average molecular weight is 361 g/mol. The van der Waals surface area contributed by atoms with E-state index in [1.54, 1.807) is 24.3 Å². The molecule has 0 aliphatic heterocycles. The minimum absolute atomic E-state index is 0.155. The van der Waals surface area contributed by atoms with Gasteiger partial charge in [-0.15, -0.1) is 0 Å². The van der Waals surface area contributed by atoms with Crippen LogP contribution in [0.3, 0.4) is 0 Å². The largest absolute Gasteiger partial charge is 0.412 e. The third-order valence-corrected chi connectivity index (χ3v) is 3.29. The number of nitrogen functional groups attached to an aromatic ring is 1. The first-order chi connectivity index (χ1) is 12.3. The number of anilines is 1. The van der Waals surface area contributed by atoms with Crippen LogP contribution in [0.15, 0.2) is 35.5 Å². The molecule has 2 aromatic rings. The number of rotatable bonds is 4. The van der Waals surface area contributed by atoms with Crippen LogP contribution >= 0.6 is 0 Å². The highest BCUT2D eigenvalue weighted by Crippen LogP contribution is 2.24. The van der Waals surface area contributed by atoms with Gasteiger partial charge in [-0.25, -0.2) is 9.59 Å². The maximum Gasteiger partial charge on any atom is 0.412 e. The quantitative estimate of drug-likeness (QED) is 0.117. The molecule has 7 N–H and O–H groups in total. The number of aromatic nitrogens is 1. The standard InChI is InChI=1S/C15H15N5O6/c16-8-2-4-10-7(5-8)1-3-11(19-10)9(13(21)26-15(18)23)6-12(20-24)25-14(17)22/h1-5,9,24H,6,16H2,(H2,17,22)(H2,18,23)/b20-12+. The lowest BCUT2D eigenvalue weighted by atomic mass is 9.99. The Labute approximate surface area is 146 Å². The fourth-order valence-electron chi connectivity index (χ4n) is 2.23. The summed E-state index contributed by atoms with van der Waals surface area (Å²) in [7, 11) is 0. The van der Waals surface area contributed by atoms with Crippen molar-refractivity contribution >= 4 is 40.6 Å². The lowest BCUT2D eigenvalue weighted by molar-refractivity contribution is -0.138. The van der Waals surface area contributed by atoms with Crippen molar-refractivity contribution in [1.29, 1.82) is 0 Å². The monoisotopic (exact) mass is 361 g/mol. The summed E-state index contributed by atoms with van der Waals surface area (Å²) in [6.45, 7) is 0. The van der Waals surface area contributed by atoms with Crippen molar-refractivity contribution in [3.63, 3.8) is 0 Å². The number of primary amides is 2. The van der Waals surface area contributed by atoms with E-state index in [2.05, 4.69) is 19.6 Å². The van der Waals surface area contributed by atoms with Gasteiger partial charge in [0, 0.05) is 17.5 Å². The Kier molecular flexibility index (Phi) is 5.53. The fraction of sp³-hybridized carbons (Fsp3) is 0.133. The number of ether oxygens (including phenoxy) is 2. The SMILES string of the molecule is NC(=O)OC(=O)C(C/C(=N\O)OC(N)=O)c1ccc2cc(N)ccc2n1. The molecule has 1 atom stereocenters. The number of pyridine rings is 1. The molecule has 11 heteroatoms. The number of hydrogen-bond acceptors (Lipinski definition) is 9.